The zero-order valence-corrected chi connectivity index (χ0v) is 13.6. The topological polar surface area (TPSA) is 129 Å². The second-order valence-corrected chi connectivity index (χ2v) is 5.81. The molecule has 0 aliphatic carbocycles. The molecule has 4 rings (SSSR count). The molecular weight excluding hydrogens is 338 g/mol. The Morgan fingerprint density at radius 2 is 1.88 bits per heavy atom. The molecule has 26 heavy (non-hydrogen) atoms. The molecule has 1 aliphatic rings. The van der Waals surface area contributed by atoms with E-state index in [1.807, 2.05) is 6.92 Å². The number of fused-ring (bicyclic) bond motifs is 2. The van der Waals surface area contributed by atoms with Crippen LogP contribution in [0.2, 0.25) is 0 Å². The standard InChI is InChI=1S/C17H13N5O4/c1-2-21-7-19-11-5-8(3-4-9(11)17(21)26)22-12(23)6-10-13(14(22)18)16(25)20-15(10)24/h3-7H,2,18H2,1H3,(H,20,24,25). The van der Waals surface area contributed by atoms with Gasteiger partial charge in [-0.2, -0.15) is 0 Å². The lowest BCUT2D eigenvalue weighted by Crippen LogP contribution is -2.24. The summed E-state index contributed by atoms with van der Waals surface area (Å²) in [5, 5.41) is 2.51. The summed E-state index contributed by atoms with van der Waals surface area (Å²) in [6.45, 7) is 2.32. The molecule has 1 aromatic carbocycles. The molecule has 3 aromatic rings. The molecule has 2 amide bonds. The van der Waals surface area contributed by atoms with Crippen molar-refractivity contribution >= 4 is 28.5 Å². The minimum atomic E-state index is -0.652. The van der Waals surface area contributed by atoms with Crippen molar-refractivity contribution in [2.45, 2.75) is 13.5 Å². The number of benzene rings is 1. The zero-order valence-electron chi connectivity index (χ0n) is 13.6. The molecular formula is C17H13N5O4. The average Bonchev–Trinajstić information content (AvgIpc) is 2.89. The van der Waals surface area contributed by atoms with Gasteiger partial charge >= 0.3 is 0 Å². The molecule has 0 saturated carbocycles. The van der Waals surface area contributed by atoms with Crippen molar-refractivity contribution in [3.63, 3.8) is 0 Å². The van der Waals surface area contributed by atoms with Gasteiger partial charge in [-0.1, -0.05) is 0 Å². The lowest BCUT2D eigenvalue weighted by molar-refractivity contribution is 0.0880. The van der Waals surface area contributed by atoms with Crippen LogP contribution in [-0.4, -0.2) is 25.9 Å². The van der Waals surface area contributed by atoms with E-state index in [1.165, 1.54) is 17.0 Å². The van der Waals surface area contributed by atoms with E-state index in [0.29, 0.717) is 23.1 Å². The van der Waals surface area contributed by atoms with Gasteiger partial charge in [-0.3, -0.25) is 33.6 Å². The quantitative estimate of drug-likeness (QED) is 0.627. The van der Waals surface area contributed by atoms with Crippen LogP contribution in [-0.2, 0) is 6.54 Å². The van der Waals surface area contributed by atoms with E-state index in [4.69, 9.17) is 5.73 Å². The van der Waals surface area contributed by atoms with Crippen LogP contribution in [0.1, 0.15) is 27.6 Å². The third-order valence-electron chi connectivity index (χ3n) is 4.36. The highest BCUT2D eigenvalue weighted by Crippen LogP contribution is 2.23. The maximum absolute atomic E-state index is 12.5. The fourth-order valence-electron chi connectivity index (χ4n) is 3.06. The molecule has 0 fully saturated rings. The normalized spacial score (nSPS) is 13.1. The van der Waals surface area contributed by atoms with E-state index in [-0.39, 0.29) is 22.5 Å². The Labute approximate surface area is 145 Å². The van der Waals surface area contributed by atoms with Crippen LogP contribution < -0.4 is 22.2 Å². The van der Waals surface area contributed by atoms with E-state index >= 15 is 0 Å². The Morgan fingerprint density at radius 1 is 1.12 bits per heavy atom. The van der Waals surface area contributed by atoms with E-state index in [0.717, 1.165) is 10.6 Å². The molecule has 3 N–H and O–H groups in total. The average molecular weight is 351 g/mol. The van der Waals surface area contributed by atoms with Crippen molar-refractivity contribution in [1.82, 2.24) is 19.4 Å². The van der Waals surface area contributed by atoms with Crippen LogP contribution in [0.15, 0.2) is 40.2 Å². The molecule has 1 aliphatic heterocycles. The number of aryl methyl sites for hydroxylation is 1. The van der Waals surface area contributed by atoms with Crippen LogP contribution in [0.5, 0.6) is 0 Å². The van der Waals surface area contributed by atoms with Crippen molar-refractivity contribution in [2.75, 3.05) is 5.73 Å². The molecule has 0 unspecified atom stereocenters. The minimum Gasteiger partial charge on any atom is -0.384 e. The molecule has 0 radical (unpaired) electrons. The number of rotatable bonds is 2. The van der Waals surface area contributed by atoms with Gasteiger partial charge in [0.1, 0.15) is 5.82 Å². The molecule has 130 valence electrons. The van der Waals surface area contributed by atoms with Gasteiger partial charge < -0.3 is 5.73 Å². The predicted molar refractivity (Wildman–Crippen MR) is 93.5 cm³/mol. The number of aromatic nitrogens is 3. The first-order valence-corrected chi connectivity index (χ1v) is 7.83. The van der Waals surface area contributed by atoms with E-state index in [1.54, 1.807) is 12.1 Å². The predicted octanol–water partition coefficient (Wildman–Crippen LogP) is 0.0331. The maximum Gasteiger partial charge on any atom is 0.262 e. The van der Waals surface area contributed by atoms with Crippen LogP contribution >= 0.6 is 0 Å². The van der Waals surface area contributed by atoms with Gasteiger partial charge in [-0.05, 0) is 25.1 Å². The maximum atomic E-state index is 12.5. The van der Waals surface area contributed by atoms with Gasteiger partial charge in [0.15, 0.2) is 0 Å². The molecule has 2 aromatic heterocycles. The summed E-state index contributed by atoms with van der Waals surface area (Å²) in [6.07, 6.45) is 1.43. The molecule has 0 saturated heterocycles. The fraction of sp³-hybridized carbons (Fsp3) is 0.118. The second-order valence-electron chi connectivity index (χ2n) is 5.81. The summed E-state index contributed by atoms with van der Waals surface area (Å²) in [5.74, 6) is -1.45. The highest BCUT2D eigenvalue weighted by Gasteiger charge is 2.31. The Bertz CT molecular complexity index is 1240. The molecule has 9 heteroatoms. The van der Waals surface area contributed by atoms with Crippen molar-refractivity contribution in [3.8, 4) is 5.69 Å². The van der Waals surface area contributed by atoms with Crippen LogP contribution in [0.25, 0.3) is 16.6 Å². The first-order valence-electron chi connectivity index (χ1n) is 7.83. The number of hydrogen-bond donors (Lipinski definition) is 2. The summed E-state index contributed by atoms with van der Waals surface area (Å²) in [5.41, 5.74) is 5.91. The fourth-order valence-corrected chi connectivity index (χ4v) is 3.06. The lowest BCUT2D eigenvalue weighted by atomic mass is 10.1. The first-order chi connectivity index (χ1) is 12.4. The highest BCUT2D eigenvalue weighted by atomic mass is 16.2. The van der Waals surface area contributed by atoms with E-state index < -0.39 is 17.4 Å². The summed E-state index contributed by atoms with van der Waals surface area (Å²) < 4.78 is 2.58. The lowest BCUT2D eigenvalue weighted by Gasteiger charge is -2.12. The number of amides is 2. The van der Waals surface area contributed by atoms with Gasteiger partial charge in [0.05, 0.1) is 34.0 Å². The molecule has 0 spiro atoms. The van der Waals surface area contributed by atoms with Gasteiger partial charge in [-0.15, -0.1) is 0 Å². The summed E-state index contributed by atoms with van der Waals surface area (Å²) in [4.78, 5) is 52.7. The molecule has 0 atom stereocenters. The Morgan fingerprint density at radius 3 is 2.62 bits per heavy atom. The number of hydrogen-bond acceptors (Lipinski definition) is 6. The van der Waals surface area contributed by atoms with Gasteiger partial charge in [-0.25, -0.2) is 4.98 Å². The van der Waals surface area contributed by atoms with Crippen molar-refractivity contribution < 1.29 is 9.59 Å². The molecule has 3 heterocycles. The van der Waals surface area contributed by atoms with Gasteiger partial charge in [0.25, 0.3) is 22.9 Å². The second kappa shape index (κ2) is 5.38. The van der Waals surface area contributed by atoms with Crippen LogP contribution in [0.4, 0.5) is 5.82 Å². The van der Waals surface area contributed by atoms with E-state index in [9.17, 15) is 19.2 Å². The number of carbonyl (C=O) groups excluding carboxylic acids is 2. The van der Waals surface area contributed by atoms with Crippen molar-refractivity contribution in [1.29, 1.82) is 0 Å². The first kappa shape index (κ1) is 15.8. The number of imide groups is 1. The van der Waals surface area contributed by atoms with Gasteiger partial charge in [0, 0.05) is 12.6 Å². The number of nitrogens with one attached hydrogen (secondary N) is 1. The molecule has 9 nitrogen and oxygen atoms in total. The summed E-state index contributed by atoms with van der Waals surface area (Å²) >= 11 is 0. The molecule has 0 bridgehead atoms. The Hall–Kier alpha value is -3.75. The Kier molecular flexibility index (Phi) is 3.26. The Balaban J connectivity index is 1.98. The number of carbonyl (C=O) groups is 2. The summed E-state index contributed by atoms with van der Waals surface area (Å²) in [6, 6.07) is 5.70. The van der Waals surface area contributed by atoms with Crippen molar-refractivity contribution in [3.05, 3.63) is 62.4 Å². The summed E-state index contributed by atoms with van der Waals surface area (Å²) in [7, 11) is 0. The smallest absolute Gasteiger partial charge is 0.262 e. The number of nitrogens with two attached hydrogens (primary N) is 1. The zero-order chi connectivity index (χ0) is 18.6. The van der Waals surface area contributed by atoms with E-state index in [2.05, 4.69) is 10.3 Å². The largest absolute Gasteiger partial charge is 0.384 e. The third-order valence-corrected chi connectivity index (χ3v) is 4.36. The minimum absolute atomic E-state index is 0.0379. The van der Waals surface area contributed by atoms with Gasteiger partial charge in [0.2, 0.25) is 0 Å². The number of anilines is 1. The monoisotopic (exact) mass is 351 g/mol. The highest BCUT2D eigenvalue weighted by molar-refractivity contribution is 6.23. The van der Waals surface area contributed by atoms with Crippen molar-refractivity contribution in [2.24, 2.45) is 0 Å². The van der Waals surface area contributed by atoms with Crippen LogP contribution in [0.3, 0.4) is 0 Å². The third kappa shape index (κ3) is 2.07. The van der Waals surface area contributed by atoms with Crippen LogP contribution in [0, 0.1) is 0 Å². The number of nitrogens with zero attached hydrogens (tertiary/aromatic N) is 3. The number of nitrogen functional groups attached to an aromatic ring is 1. The SMILES string of the molecule is CCn1cnc2cc(-n3c(N)c4c(cc3=O)C(=O)NC4=O)ccc2c1=O. The number of pyridine rings is 1.